The molecule has 0 saturated heterocycles. The van der Waals surface area contributed by atoms with E-state index in [9.17, 15) is 0 Å². The fourth-order valence-corrected chi connectivity index (χ4v) is 1.86. The molecule has 0 saturated carbocycles. The summed E-state index contributed by atoms with van der Waals surface area (Å²) in [6.45, 7) is 2.14. The number of hydrogen-bond donors (Lipinski definition) is 2. The van der Waals surface area contributed by atoms with Crippen LogP contribution in [-0.4, -0.2) is 29.0 Å². The number of rotatable bonds is 7. The minimum Gasteiger partial charge on any atom is -0.380 e. The Labute approximate surface area is 96.9 Å². The van der Waals surface area contributed by atoms with Crippen LogP contribution in [0.4, 0.5) is 0 Å². The van der Waals surface area contributed by atoms with Crippen LogP contribution in [0.15, 0.2) is 12.3 Å². The van der Waals surface area contributed by atoms with Gasteiger partial charge in [0.15, 0.2) is 0 Å². The van der Waals surface area contributed by atoms with Gasteiger partial charge in [-0.2, -0.15) is 5.10 Å². The summed E-state index contributed by atoms with van der Waals surface area (Å²) < 4.78 is 7.24. The van der Waals surface area contributed by atoms with Crippen molar-refractivity contribution >= 4 is 0 Å². The topological polar surface area (TPSA) is 65.1 Å². The summed E-state index contributed by atoms with van der Waals surface area (Å²) in [7, 11) is 3.64. The van der Waals surface area contributed by atoms with E-state index in [2.05, 4.69) is 17.4 Å². The Morgan fingerprint density at radius 1 is 1.62 bits per heavy atom. The van der Waals surface area contributed by atoms with Gasteiger partial charge in [-0.05, 0) is 12.5 Å². The van der Waals surface area contributed by atoms with E-state index >= 15 is 0 Å². The summed E-state index contributed by atoms with van der Waals surface area (Å²) >= 11 is 0. The Morgan fingerprint density at radius 3 is 2.81 bits per heavy atom. The maximum atomic E-state index is 5.57. The van der Waals surface area contributed by atoms with Crippen molar-refractivity contribution in [2.24, 2.45) is 12.9 Å². The molecule has 1 rings (SSSR count). The molecule has 2 atom stereocenters. The van der Waals surface area contributed by atoms with Crippen molar-refractivity contribution in [3.05, 3.63) is 18.0 Å². The normalized spacial score (nSPS) is 15.0. The first kappa shape index (κ1) is 13.2. The monoisotopic (exact) mass is 226 g/mol. The van der Waals surface area contributed by atoms with Crippen LogP contribution in [0.1, 0.15) is 25.5 Å². The lowest BCUT2D eigenvalue weighted by molar-refractivity contribution is 0.0606. The maximum absolute atomic E-state index is 5.57. The molecule has 1 heterocycles. The van der Waals surface area contributed by atoms with Gasteiger partial charge in [0, 0.05) is 26.8 Å². The molecule has 0 bridgehead atoms. The number of ether oxygens (including phenoxy) is 1. The second kappa shape index (κ2) is 6.62. The zero-order valence-corrected chi connectivity index (χ0v) is 10.3. The molecule has 92 valence electrons. The molecule has 3 N–H and O–H groups in total. The molecule has 0 aliphatic carbocycles. The number of aryl methyl sites for hydroxylation is 1. The lowest BCUT2D eigenvalue weighted by Gasteiger charge is -2.24. The average Bonchev–Trinajstić information content (AvgIpc) is 2.69. The lowest BCUT2D eigenvalue weighted by Crippen LogP contribution is -2.46. The minimum atomic E-state index is 0.111. The van der Waals surface area contributed by atoms with Crippen LogP contribution in [-0.2, 0) is 18.2 Å². The fraction of sp³-hybridized carbons (Fsp3) is 0.727. The third-order valence-corrected chi connectivity index (χ3v) is 2.74. The molecule has 2 unspecified atom stereocenters. The summed E-state index contributed by atoms with van der Waals surface area (Å²) in [5, 5.41) is 4.34. The second-order valence-electron chi connectivity index (χ2n) is 4.02. The van der Waals surface area contributed by atoms with Crippen molar-refractivity contribution in [1.82, 2.24) is 15.2 Å². The minimum absolute atomic E-state index is 0.111. The van der Waals surface area contributed by atoms with Crippen LogP contribution < -0.4 is 11.3 Å². The van der Waals surface area contributed by atoms with E-state index in [1.165, 1.54) is 0 Å². The highest BCUT2D eigenvalue weighted by atomic mass is 16.5. The van der Waals surface area contributed by atoms with Crippen molar-refractivity contribution < 1.29 is 4.74 Å². The zero-order chi connectivity index (χ0) is 12.0. The Balaban J connectivity index is 2.59. The van der Waals surface area contributed by atoms with Gasteiger partial charge in [-0.25, -0.2) is 0 Å². The van der Waals surface area contributed by atoms with Crippen LogP contribution in [0, 0.1) is 0 Å². The molecule has 5 nitrogen and oxygen atoms in total. The number of nitrogens with zero attached hydrogens (tertiary/aromatic N) is 2. The summed E-state index contributed by atoms with van der Waals surface area (Å²) in [4.78, 5) is 0. The van der Waals surface area contributed by atoms with Gasteiger partial charge in [-0.1, -0.05) is 13.3 Å². The maximum Gasteiger partial charge on any atom is 0.0741 e. The van der Waals surface area contributed by atoms with Gasteiger partial charge < -0.3 is 4.74 Å². The number of hydrazine groups is 1. The Bertz CT molecular complexity index is 300. The first-order valence-corrected chi connectivity index (χ1v) is 5.68. The zero-order valence-electron chi connectivity index (χ0n) is 10.3. The fourth-order valence-electron chi connectivity index (χ4n) is 1.86. The Kier molecular flexibility index (Phi) is 5.45. The molecule has 0 aliphatic heterocycles. The van der Waals surface area contributed by atoms with E-state index in [4.69, 9.17) is 10.6 Å². The molecule has 5 heteroatoms. The molecular formula is C11H22N4O. The quantitative estimate of drug-likeness (QED) is 0.528. The third kappa shape index (κ3) is 3.59. The van der Waals surface area contributed by atoms with Gasteiger partial charge in [-0.15, -0.1) is 0 Å². The first-order chi connectivity index (χ1) is 7.71. The molecule has 0 aromatic carbocycles. The van der Waals surface area contributed by atoms with Crippen LogP contribution in [0.2, 0.25) is 0 Å². The van der Waals surface area contributed by atoms with Crippen molar-refractivity contribution in [3.63, 3.8) is 0 Å². The molecule has 0 aliphatic rings. The van der Waals surface area contributed by atoms with Crippen molar-refractivity contribution in [3.8, 4) is 0 Å². The van der Waals surface area contributed by atoms with Crippen LogP contribution in [0.5, 0.6) is 0 Å². The van der Waals surface area contributed by atoms with E-state index in [1.807, 2.05) is 19.3 Å². The van der Waals surface area contributed by atoms with Gasteiger partial charge in [-0.3, -0.25) is 16.0 Å². The van der Waals surface area contributed by atoms with Crippen LogP contribution in [0.3, 0.4) is 0 Å². The Morgan fingerprint density at radius 2 is 2.38 bits per heavy atom. The van der Waals surface area contributed by atoms with E-state index in [0.717, 1.165) is 25.0 Å². The molecule has 16 heavy (non-hydrogen) atoms. The number of aromatic nitrogens is 2. The largest absolute Gasteiger partial charge is 0.380 e. The number of methoxy groups -OCH3 is 1. The summed E-state index contributed by atoms with van der Waals surface area (Å²) in [5.41, 5.74) is 3.85. The van der Waals surface area contributed by atoms with Crippen LogP contribution in [0.25, 0.3) is 0 Å². The van der Waals surface area contributed by atoms with Gasteiger partial charge >= 0.3 is 0 Å². The molecule has 1 aromatic heterocycles. The van der Waals surface area contributed by atoms with Gasteiger partial charge in [0.1, 0.15) is 0 Å². The average molecular weight is 226 g/mol. The molecule has 0 fully saturated rings. The third-order valence-electron chi connectivity index (χ3n) is 2.74. The highest BCUT2D eigenvalue weighted by molar-refractivity contribution is 5.02. The van der Waals surface area contributed by atoms with Crippen LogP contribution >= 0.6 is 0 Å². The molecule has 1 aromatic rings. The van der Waals surface area contributed by atoms with E-state index in [1.54, 1.807) is 11.8 Å². The summed E-state index contributed by atoms with van der Waals surface area (Å²) in [6.07, 6.45) is 4.94. The molecule has 0 spiro atoms. The number of hydrogen-bond acceptors (Lipinski definition) is 4. The Hall–Kier alpha value is -0.910. The highest BCUT2D eigenvalue weighted by Gasteiger charge is 2.20. The predicted octanol–water partition coefficient (Wildman–Crippen LogP) is 0.610. The second-order valence-corrected chi connectivity index (χ2v) is 4.02. The van der Waals surface area contributed by atoms with E-state index < -0.39 is 0 Å². The van der Waals surface area contributed by atoms with Crippen molar-refractivity contribution in [2.45, 2.75) is 38.3 Å². The van der Waals surface area contributed by atoms with Crippen molar-refractivity contribution in [2.75, 3.05) is 7.11 Å². The standard InChI is InChI=1S/C11H22N4O/c1-4-5-11(16-3)10(13-12)8-9-6-7-15(2)14-9/h6-7,10-11,13H,4-5,8,12H2,1-3H3. The predicted molar refractivity (Wildman–Crippen MR) is 63.7 cm³/mol. The SMILES string of the molecule is CCCC(OC)C(Cc1ccn(C)n1)NN. The number of nitrogens with two attached hydrogens (primary N) is 1. The molecule has 0 radical (unpaired) electrons. The van der Waals surface area contributed by atoms with Gasteiger partial charge in [0.2, 0.25) is 0 Å². The smallest absolute Gasteiger partial charge is 0.0741 e. The van der Waals surface area contributed by atoms with Crippen molar-refractivity contribution in [1.29, 1.82) is 0 Å². The lowest BCUT2D eigenvalue weighted by atomic mass is 10.0. The van der Waals surface area contributed by atoms with E-state index in [-0.39, 0.29) is 12.1 Å². The first-order valence-electron chi connectivity index (χ1n) is 5.68. The highest BCUT2D eigenvalue weighted by Crippen LogP contribution is 2.10. The number of nitrogens with one attached hydrogen (secondary N) is 1. The molecule has 0 amide bonds. The summed E-state index contributed by atoms with van der Waals surface area (Å²) in [6, 6.07) is 2.11. The summed E-state index contributed by atoms with van der Waals surface area (Å²) in [5.74, 6) is 5.57. The van der Waals surface area contributed by atoms with E-state index in [0.29, 0.717) is 0 Å². The van der Waals surface area contributed by atoms with Gasteiger partial charge in [0.25, 0.3) is 0 Å². The molecular weight excluding hydrogens is 204 g/mol. The van der Waals surface area contributed by atoms with Gasteiger partial charge in [0.05, 0.1) is 17.8 Å².